The van der Waals surface area contributed by atoms with Gasteiger partial charge in [0.05, 0.1) is 0 Å². The molecule has 0 aliphatic rings. The van der Waals surface area contributed by atoms with Gasteiger partial charge in [0.15, 0.2) is 0 Å². The van der Waals surface area contributed by atoms with Crippen molar-refractivity contribution in [2.45, 2.75) is 65.7 Å². The van der Waals surface area contributed by atoms with Gasteiger partial charge in [0.25, 0.3) is 0 Å². The molecule has 0 aromatic heterocycles. The lowest BCUT2D eigenvalue weighted by molar-refractivity contribution is 0.277. The molecule has 0 aromatic rings. The van der Waals surface area contributed by atoms with Crippen LogP contribution >= 0.6 is 0 Å². The maximum Gasteiger partial charge on any atom is 0.0431 e. The lowest BCUT2D eigenvalue weighted by atomic mass is 9.96. The molecule has 1 atom stereocenters. The van der Waals surface area contributed by atoms with Crippen molar-refractivity contribution < 1.29 is 5.11 Å². The highest BCUT2D eigenvalue weighted by molar-refractivity contribution is 4.55. The third-order valence-electron chi connectivity index (χ3n) is 2.83. The molecular formula is C13H28O. The second-order valence-electron chi connectivity index (χ2n) is 5.00. The zero-order chi connectivity index (χ0) is 10.8. The second kappa shape index (κ2) is 9.51. The monoisotopic (exact) mass is 200 g/mol. The minimum atomic E-state index is 0.361. The van der Waals surface area contributed by atoms with E-state index in [1.54, 1.807) is 0 Å². The number of aliphatic hydroxyl groups is 1. The van der Waals surface area contributed by atoms with E-state index in [-0.39, 0.29) is 0 Å². The van der Waals surface area contributed by atoms with E-state index in [0.29, 0.717) is 6.61 Å². The standard InChI is InChI=1S/C13H28O/c1-12(2)8-4-5-9-13(3)10-6-7-11-14/h12-14H,4-11H2,1-3H3. The van der Waals surface area contributed by atoms with Gasteiger partial charge >= 0.3 is 0 Å². The van der Waals surface area contributed by atoms with Crippen molar-refractivity contribution in [3.63, 3.8) is 0 Å². The van der Waals surface area contributed by atoms with E-state index in [9.17, 15) is 0 Å². The van der Waals surface area contributed by atoms with Gasteiger partial charge in [-0.3, -0.25) is 0 Å². The van der Waals surface area contributed by atoms with Gasteiger partial charge in [-0.1, -0.05) is 59.3 Å². The number of hydrogen-bond acceptors (Lipinski definition) is 1. The van der Waals surface area contributed by atoms with E-state index in [4.69, 9.17) is 5.11 Å². The first-order valence-corrected chi connectivity index (χ1v) is 6.27. The van der Waals surface area contributed by atoms with Crippen molar-refractivity contribution in [1.82, 2.24) is 0 Å². The van der Waals surface area contributed by atoms with Gasteiger partial charge in [-0.05, 0) is 18.3 Å². The van der Waals surface area contributed by atoms with Crippen LogP contribution in [0.3, 0.4) is 0 Å². The van der Waals surface area contributed by atoms with E-state index >= 15 is 0 Å². The number of hydrogen-bond donors (Lipinski definition) is 1. The summed E-state index contributed by atoms with van der Waals surface area (Å²) in [6.07, 6.45) is 9.00. The van der Waals surface area contributed by atoms with Crippen molar-refractivity contribution in [2.75, 3.05) is 6.61 Å². The molecule has 0 amide bonds. The Bertz CT molecular complexity index is 110. The third kappa shape index (κ3) is 10.0. The first-order chi connectivity index (χ1) is 6.66. The molecule has 14 heavy (non-hydrogen) atoms. The SMILES string of the molecule is CC(C)CCCCC(C)CCCCO. The largest absolute Gasteiger partial charge is 0.396 e. The van der Waals surface area contributed by atoms with E-state index in [2.05, 4.69) is 20.8 Å². The summed E-state index contributed by atoms with van der Waals surface area (Å²) in [5.41, 5.74) is 0. The fourth-order valence-corrected chi connectivity index (χ4v) is 1.79. The average Bonchev–Trinajstić information content (AvgIpc) is 2.13. The van der Waals surface area contributed by atoms with E-state index in [1.165, 1.54) is 38.5 Å². The Hall–Kier alpha value is -0.0400. The molecule has 0 bridgehead atoms. The number of rotatable bonds is 9. The van der Waals surface area contributed by atoms with Crippen LogP contribution in [0.25, 0.3) is 0 Å². The molecule has 1 unspecified atom stereocenters. The molecule has 0 rings (SSSR count). The van der Waals surface area contributed by atoms with Crippen LogP contribution in [0.1, 0.15) is 65.7 Å². The molecule has 0 saturated heterocycles. The number of unbranched alkanes of at least 4 members (excludes halogenated alkanes) is 2. The van der Waals surface area contributed by atoms with Crippen LogP contribution in [0.5, 0.6) is 0 Å². The zero-order valence-electron chi connectivity index (χ0n) is 10.3. The predicted octanol–water partition coefficient (Wildman–Crippen LogP) is 4.00. The van der Waals surface area contributed by atoms with Crippen LogP contribution in [0, 0.1) is 11.8 Å². The summed E-state index contributed by atoms with van der Waals surface area (Å²) in [6, 6.07) is 0. The van der Waals surface area contributed by atoms with Gasteiger partial charge in [-0.25, -0.2) is 0 Å². The van der Waals surface area contributed by atoms with Crippen LogP contribution in [-0.2, 0) is 0 Å². The van der Waals surface area contributed by atoms with Gasteiger partial charge in [0, 0.05) is 6.61 Å². The molecule has 0 heterocycles. The summed E-state index contributed by atoms with van der Waals surface area (Å²) in [4.78, 5) is 0. The van der Waals surface area contributed by atoms with Crippen molar-refractivity contribution in [3.8, 4) is 0 Å². The molecule has 1 N–H and O–H groups in total. The Morgan fingerprint density at radius 3 is 1.79 bits per heavy atom. The molecule has 86 valence electrons. The minimum absolute atomic E-state index is 0.361. The van der Waals surface area contributed by atoms with E-state index in [0.717, 1.165) is 18.3 Å². The maximum atomic E-state index is 8.65. The molecule has 1 nitrogen and oxygen atoms in total. The third-order valence-corrected chi connectivity index (χ3v) is 2.83. The van der Waals surface area contributed by atoms with Crippen LogP contribution in [0.4, 0.5) is 0 Å². The first-order valence-electron chi connectivity index (χ1n) is 6.27. The van der Waals surface area contributed by atoms with Crippen molar-refractivity contribution >= 4 is 0 Å². The molecule has 0 aromatic carbocycles. The fraction of sp³-hybridized carbons (Fsp3) is 1.00. The molecule has 0 fully saturated rings. The van der Waals surface area contributed by atoms with Gasteiger partial charge in [0.1, 0.15) is 0 Å². The van der Waals surface area contributed by atoms with Crippen LogP contribution in [0.15, 0.2) is 0 Å². The molecule has 0 aliphatic heterocycles. The van der Waals surface area contributed by atoms with Crippen LogP contribution < -0.4 is 0 Å². The topological polar surface area (TPSA) is 20.2 Å². The van der Waals surface area contributed by atoms with Crippen molar-refractivity contribution in [2.24, 2.45) is 11.8 Å². The zero-order valence-corrected chi connectivity index (χ0v) is 10.3. The average molecular weight is 200 g/mol. The van der Waals surface area contributed by atoms with Crippen molar-refractivity contribution in [3.05, 3.63) is 0 Å². The summed E-state index contributed by atoms with van der Waals surface area (Å²) in [6.45, 7) is 7.29. The molecular weight excluding hydrogens is 172 g/mol. The molecule has 1 heteroatoms. The maximum absolute atomic E-state index is 8.65. The van der Waals surface area contributed by atoms with Crippen molar-refractivity contribution in [1.29, 1.82) is 0 Å². The predicted molar refractivity (Wildman–Crippen MR) is 63.4 cm³/mol. The summed E-state index contributed by atoms with van der Waals surface area (Å²) in [7, 11) is 0. The van der Waals surface area contributed by atoms with Gasteiger partial charge in [-0.15, -0.1) is 0 Å². The summed E-state index contributed by atoms with van der Waals surface area (Å²) >= 11 is 0. The smallest absolute Gasteiger partial charge is 0.0431 e. The minimum Gasteiger partial charge on any atom is -0.396 e. The fourth-order valence-electron chi connectivity index (χ4n) is 1.79. The van der Waals surface area contributed by atoms with E-state index in [1.807, 2.05) is 0 Å². The lowest BCUT2D eigenvalue weighted by Crippen LogP contribution is -1.96. The first kappa shape index (κ1) is 14.0. The molecule has 0 aliphatic carbocycles. The second-order valence-corrected chi connectivity index (χ2v) is 5.00. The quantitative estimate of drug-likeness (QED) is 0.558. The van der Waals surface area contributed by atoms with E-state index < -0.39 is 0 Å². The Morgan fingerprint density at radius 2 is 1.29 bits per heavy atom. The number of aliphatic hydroxyl groups excluding tert-OH is 1. The van der Waals surface area contributed by atoms with Gasteiger partial charge in [-0.2, -0.15) is 0 Å². The highest BCUT2D eigenvalue weighted by atomic mass is 16.2. The summed E-state index contributed by atoms with van der Waals surface area (Å²) in [5.74, 6) is 1.72. The normalized spacial score (nSPS) is 13.5. The summed E-state index contributed by atoms with van der Waals surface area (Å²) in [5, 5.41) is 8.65. The highest BCUT2D eigenvalue weighted by Gasteiger charge is 2.02. The molecule has 0 radical (unpaired) electrons. The Kier molecular flexibility index (Phi) is 9.49. The molecule has 0 saturated carbocycles. The lowest BCUT2D eigenvalue weighted by Gasteiger charge is -2.11. The Balaban J connectivity index is 3.14. The van der Waals surface area contributed by atoms with Crippen LogP contribution in [0.2, 0.25) is 0 Å². The van der Waals surface area contributed by atoms with Gasteiger partial charge in [0.2, 0.25) is 0 Å². The summed E-state index contributed by atoms with van der Waals surface area (Å²) < 4.78 is 0. The molecule has 0 spiro atoms. The Morgan fingerprint density at radius 1 is 0.786 bits per heavy atom. The Labute approximate surface area is 89.9 Å². The highest BCUT2D eigenvalue weighted by Crippen LogP contribution is 2.17. The van der Waals surface area contributed by atoms with Crippen LogP contribution in [-0.4, -0.2) is 11.7 Å². The van der Waals surface area contributed by atoms with Gasteiger partial charge < -0.3 is 5.11 Å².